The van der Waals surface area contributed by atoms with Gasteiger partial charge in [-0.2, -0.15) is 0 Å². The summed E-state index contributed by atoms with van der Waals surface area (Å²) in [5.41, 5.74) is 0. The lowest BCUT2D eigenvalue weighted by molar-refractivity contribution is -0.145. The number of hydrogen-bond donors (Lipinski definition) is 1. The van der Waals surface area contributed by atoms with Crippen LogP contribution in [0.4, 0.5) is 0 Å². The van der Waals surface area contributed by atoms with E-state index in [0.29, 0.717) is 6.54 Å². The zero-order valence-electron chi connectivity index (χ0n) is 14.3. The molecule has 0 bridgehead atoms. The Labute approximate surface area is 173 Å². The molecular weight excluding hydrogens is 505 g/mol. The third-order valence-electron chi connectivity index (χ3n) is 4.00. The van der Waals surface area contributed by atoms with Crippen molar-refractivity contribution in [2.45, 2.75) is 20.3 Å². The maximum Gasteiger partial charge on any atom is 0.310 e. The number of ether oxygens (including phenoxy) is 1. The molecule has 0 amide bonds. The van der Waals surface area contributed by atoms with Gasteiger partial charge < -0.3 is 15.0 Å². The van der Waals surface area contributed by atoms with Crippen molar-refractivity contribution >= 4 is 63.2 Å². The zero-order chi connectivity index (χ0) is 16.8. The third-order valence-corrected chi connectivity index (χ3v) is 5.68. The van der Waals surface area contributed by atoms with Crippen LogP contribution in [-0.4, -0.2) is 50.1 Å². The van der Waals surface area contributed by atoms with Gasteiger partial charge in [-0.05, 0) is 40.9 Å². The number of thiophene rings is 1. The van der Waals surface area contributed by atoms with E-state index in [1.165, 1.54) is 12.0 Å². The van der Waals surface area contributed by atoms with E-state index in [2.05, 4.69) is 52.1 Å². The van der Waals surface area contributed by atoms with Crippen LogP contribution in [0.1, 0.15) is 18.7 Å². The van der Waals surface area contributed by atoms with Crippen LogP contribution in [0.15, 0.2) is 20.9 Å². The summed E-state index contributed by atoms with van der Waals surface area (Å²) in [6, 6.07) is 4.19. The fraction of sp³-hybridized carbons (Fsp3) is 0.625. The Morgan fingerprint density at radius 3 is 2.83 bits per heavy atom. The first-order valence-corrected chi connectivity index (χ1v) is 9.51. The largest absolute Gasteiger partial charge is 0.469 e. The Bertz CT molecular complexity index is 567. The highest BCUT2D eigenvalue weighted by Crippen LogP contribution is 2.24. The predicted octanol–water partition coefficient (Wildman–Crippen LogP) is 3.38. The summed E-state index contributed by atoms with van der Waals surface area (Å²) < 4.78 is 6.06. The SMILES string of the molecule is CCNC(=NCCc1ccc(Br)s1)N1CC(C)C(C(=O)OC)C1.I. The van der Waals surface area contributed by atoms with E-state index in [0.717, 1.165) is 35.8 Å². The maximum absolute atomic E-state index is 11.8. The van der Waals surface area contributed by atoms with Gasteiger partial charge in [0, 0.05) is 37.5 Å². The molecule has 1 aromatic rings. The van der Waals surface area contributed by atoms with Gasteiger partial charge in [-0.25, -0.2) is 0 Å². The van der Waals surface area contributed by atoms with Crippen molar-refractivity contribution in [1.29, 1.82) is 0 Å². The van der Waals surface area contributed by atoms with Crippen molar-refractivity contribution in [1.82, 2.24) is 10.2 Å². The summed E-state index contributed by atoms with van der Waals surface area (Å²) in [7, 11) is 1.45. The highest BCUT2D eigenvalue weighted by Gasteiger charge is 2.36. The summed E-state index contributed by atoms with van der Waals surface area (Å²) in [6.45, 7) is 7.21. The summed E-state index contributed by atoms with van der Waals surface area (Å²) in [4.78, 5) is 20.0. The number of methoxy groups -OCH3 is 1. The minimum absolute atomic E-state index is 0. The van der Waals surface area contributed by atoms with E-state index >= 15 is 0 Å². The quantitative estimate of drug-likeness (QED) is 0.275. The van der Waals surface area contributed by atoms with Crippen LogP contribution in [0.5, 0.6) is 0 Å². The van der Waals surface area contributed by atoms with Crippen LogP contribution in [0.25, 0.3) is 0 Å². The Morgan fingerprint density at radius 1 is 1.50 bits per heavy atom. The number of likely N-dealkylation sites (tertiary alicyclic amines) is 1. The van der Waals surface area contributed by atoms with Gasteiger partial charge >= 0.3 is 5.97 Å². The number of nitrogens with zero attached hydrogens (tertiary/aromatic N) is 2. The minimum atomic E-state index is -0.126. The molecule has 5 nitrogen and oxygen atoms in total. The minimum Gasteiger partial charge on any atom is -0.469 e. The normalized spacial score (nSPS) is 20.7. The summed E-state index contributed by atoms with van der Waals surface area (Å²) in [5.74, 6) is 0.970. The molecule has 0 radical (unpaired) electrons. The lowest BCUT2D eigenvalue weighted by Gasteiger charge is -2.21. The van der Waals surface area contributed by atoms with Crippen molar-refractivity contribution in [2.75, 3.05) is 33.3 Å². The molecule has 0 spiro atoms. The first-order chi connectivity index (χ1) is 11.0. The Morgan fingerprint density at radius 2 is 2.25 bits per heavy atom. The Balaban J connectivity index is 0.00000288. The highest BCUT2D eigenvalue weighted by molar-refractivity contribution is 14.0. The number of carbonyl (C=O) groups excluding carboxylic acids is 1. The Kier molecular flexibility index (Phi) is 9.58. The molecule has 0 aliphatic carbocycles. The molecule has 2 heterocycles. The molecular formula is C16H25BrIN3O2S. The maximum atomic E-state index is 11.8. The lowest BCUT2D eigenvalue weighted by Crippen LogP contribution is -2.40. The molecule has 0 aromatic carbocycles. The standard InChI is InChI=1S/C16H24BrN3O2S.HI/c1-4-18-16(19-8-7-12-5-6-14(17)23-12)20-9-11(2)13(10-20)15(21)22-3;/h5-6,11,13H,4,7-10H2,1-3H3,(H,18,19);1H. The van der Waals surface area contributed by atoms with Crippen LogP contribution < -0.4 is 5.32 Å². The van der Waals surface area contributed by atoms with Crippen molar-refractivity contribution in [2.24, 2.45) is 16.8 Å². The molecule has 2 unspecified atom stereocenters. The third kappa shape index (κ3) is 5.87. The van der Waals surface area contributed by atoms with Crippen LogP contribution in [-0.2, 0) is 16.0 Å². The second kappa shape index (κ2) is 10.6. The molecule has 1 aliphatic heterocycles. The van der Waals surface area contributed by atoms with Crippen LogP contribution in [0, 0.1) is 11.8 Å². The van der Waals surface area contributed by atoms with E-state index in [-0.39, 0.29) is 41.8 Å². The Hall–Kier alpha value is -0.350. The molecule has 2 rings (SSSR count). The number of guanidine groups is 1. The summed E-state index contributed by atoms with van der Waals surface area (Å²) >= 11 is 5.23. The fourth-order valence-electron chi connectivity index (χ4n) is 2.78. The molecule has 2 atom stereocenters. The smallest absolute Gasteiger partial charge is 0.310 e. The summed E-state index contributed by atoms with van der Waals surface area (Å²) in [6.07, 6.45) is 0.926. The van der Waals surface area contributed by atoms with E-state index in [4.69, 9.17) is 9.73 Å². The number of esters is 1. The molecule has 8 heteroatoms. The average molecular weight is 530 g/mol. The van der Waals surface area contributed by atoms with Gasteiger partial charge in [0.15, 0.2) is 5.96 Å². The van der Waals surface area contributed by atoms with Crippen LogP contribution in [0.3, 0.4) is 0 Å². The molecule has 1 saturated heterocycles. The van der Waals surface area contributed by atoms with Gasteiger partial charge in [0.05, 0.1) is 16.8 Å². The van der Waals surface area contributed by atoms with Gasteiger partial charge in [0.25, 0.3) is 0 Å². The van der Waals surface area contributed by atoms with Gasteiger partial charge in [0.2, 0.25) is 0 Å². The van der Waals surface area contributed by atoms with Gasteiger partial charge in [0.1, 0.15) is 0 Å². The zero-order valence-corrected chi connectivity index (χ0v) is 19.0. The van der Waals surface area contributed by atoms with E-state index < -0.39 is 0 Å². The molecule has 1 N–H and O–H groups in total. The van der Waals surface area contributed by atoms with Crippen LogP contribution in [0.2, 0.25) is 0 Å². The molecule has 1 aromatic heterocycles. The van der Waals surface area contributed by atoms with Crippen LogP contribution >= 0.6 is 51.2 Å². The number of aliphatic imine (C=N–C) groups is 1. The average Bonchev–Trinajstić information content (AvgIpc) is 3.11. The monoisotopic (exact) mass is 529 g/mol. The summed E-state index contributed by atoms with van der Waals surface area (Å²) in [5, 5.41) is 3.33. The number of rotatable bonds is 5. The molecule has 1 fully saturated rings. The first-order valence-electron chi connectivity index (χ1n) is 7.90. The van der Waals surface area contributed by atoms with Crippen molar-refractivity contribution in [3.63, 3.8) is 0 Å². The molecule has 24 heavy (non-hydrogen) atoms. The van der Waals surface area contributed by atoms with Crippen molar-refractivity contribution in [3.05, 3.63) is 20.8 Å². The highest BCUT2D eigenvalue weighted by atomic mass is 127. The molecule has 136 valence electrons. The second-order valence-electron chi connectivity index (χ2n) is 5.70. The van der Waals surface area contributed by atoms with E-state index in [1.807, 2.05) is 0 Å². The number of halogens is 2. The van der Waals surface area contributed by atoms with Gasteiger partial charge in [-0.1, -0.05) is 6.92 Å². The fourth-order valence-corrected chi connectivity index (χ4v) is 4.25. The number of hydrogen-bond acceptors (Lipinski definition) is 4. The van der Waals surface area contributed by atoms with E-state index in [1.54, 1.807) is 11.3 Å². The van der Waals surface area contributed by atoms with Crippen molar-refractivity contribution < 1.29 is 9.53 Å². The number of carbonyl (C=O) groups is 1. The van der Waals surface area contributed by atoms with Crippen molar-refractivity contribution in [3.8, 4) is 0 Å². The van der Waals surface area contributed by atoms with Gasteiger partial charge in [-0.15, -0.1) is 35.3 Å². The topological polar surface area (TPSA) is 53.9 Å². The first kappa shape index (κ1) is 21.7. The molecule has 0 saturated carbocycles. The lowest BCUT2D eigenvalue weighted by atomic mass is 9.99. The van der Waals surface area contributed by atoms with Gasteiger partial charge in [-0.3, -0.25) is 9.79 Å². The molecule has 1 aliphatic rings. The predicted molar refractivity (Wildman–Crippen MR) is 113 cm³/mol. The van der Waals surface area contributed by atoms with E-state index in [9.17, 15) is 4.79 Å². The second-order valence-corrected chi connectivity index (χ2v) is 8.25. The number of nitrogens with one attached hydrogen (secondary N) is 1.